The normalized spacial score (nSPS) is 11.9. The van der Waals surface area contributed by atoms with Gasteiger partial charge in [0.05, 0.1) is 11.7 Å². The molecule has 0 atom stereocenters. The summed E-state index contributed by atoms with van der Waals surface area (Å²) < 4.78 is 0. The first-order valence-electron chi connectivity index (χ1n) is 5.74. The van der Waals surface area contributed by atoms with E-state index in [4.69, 9.17) is 0 Å². The quantitative estimate of drug-likeness (QED) is 0.364. The molecule has 0 unspecified atom stereocenters. The van der Waals surface area contributed by atoms with Gasteiger partial charge in [-0.3, -0.25) is 4.79 Å². The van der Waals surface area contributed by atoms with Crippen molar-refractivity contribution in [3.05, 3.63) is 11.3 Å². The van der Waals surface area contributed by atoms with Crippen LogP contribution in [0.1, 0.15) is 52.4 Å². The van der Waals surface area contributed by atoms with Gasteiger partial charge in [-0.15, -0.1) is 0 Å². The molecule has 0 spiro atoms. The maximum Gasteiger partial charge on any atom is 0.211 e. The lowest BCUT2D eigenvalue weighted by molar-refractivity contribution is -0.299. The largest absolute Gasteiger partial charge is 0.543 e. The van der Waals surface area contributed by atoms with Crippen molar-refractivity contribution in [3.63, 3.8) is 0 Å². The number of carbonyl (C=O) groups is 2. The fourth-order valence-corrected chi connectivity index (χ4v) is 1.53. The zero-order valence-corrected chi connectivity index (χ0v) is 10.0. The van der Waals surface area contributed by atoms with E-state index in [0.717, 1.165) is 12.8 Å². The van der Waals surface area contributed by atoms with E-state index >= 15 is 0 Å². The van der Waals surface area contributed by atoms with Crippen LogP contribution in [-0.2, 0) is 9.59 Å². The Kier molecular flexibility index (Phi) is 8.21. The number of hydrogen-bond acceptors (Lipinski definition) is 3. The van der Waals surface area contributed by atoms with Gasteiger partial charge in [0.1, 0.15) is 0 Å². The first-order chi connectivity index (χ1) is 7.63. The van der Waals surface area contributed by atoms with Crippen LogP contribution in [0, 0.1) is 0 Å². The van der Waals surface area contributed by atoms with Gasteiger partial charge in [-0.25, -0.2) is 0 Å². The predicted octanol–water partition coefficient (Wildman–Crippen LogP) is 1.12. The second kappa shape index (κ2) is 8.95. The molecule has 0 rings (SSSR count). The highest BCUT2D eigenvalue weighted by Gasteiger charge is 2.02. The van der Waals surface area contributed by atoms with Crippen molar-refractivity contribution in [1.82, 2.24) is 5.32 Å². The molecule has 0 saturated heterocycles. The monoisotopic (exact) mass is 226 g/mol. The van der Waals surface area contributed by atoms with Crippen LogP contribution in [-0.4, -0.2) is 12.4 Å². The summed E-state index contributed by atoms with van der Waals surface area (Å²) in [6.45, 7) is 3.86. The van der Waals surface area contributed by atoms with Crippen LogP contribution in [0.2, 0.25) is 0 Å². The summed E-state index contributed by atoms with van der Waals surface area (Å²) in [5, 5.41) is 12.8. The van der Waals surface area contributed by atoms with E-state index in [0.29, 0.717) is 18.4 Å². The number of carbonyl (C=O) groups excluding carboxylic acids is 2. The third-order valence-corrected chi connectivity index (χ3v) is 2.49. The average Bonchev–Trinajstić information content (AvgIpc) is 2.24. The minimum Gasteiger partial charge on any atom is -0.543 e. The van der Waals surface area contributed by atoms with Gasteiger partial charge in [-0.2, -0.15) is 0 Å². The Labute approximate surface area is 96.7 Å². The van der Waals surface area contributed by atoms with Crippen LogP contribution in [0.15, 0.2) is 11.3 Å². The van der Waals surface area contributed by atoms with Crippen molar-refractivity contribution < 1.29 is 14.7 Å². The zero-order valence-electron chi connectivity index (χ0n) is 10.0. The van der Waals surface area contributed by atoms with Crippen LogP contribution in [0.4, 0.5) is 0 Å². The van der Waals surface area contributed by atoms with Crippen molar-refractivity contribution in [2.45, 2.75) is 52.4 Å². The third-order valence-electron chi connectivity index (χ3n) is 2.49. The summed E-state index contributed by atoms with van der Waals surface area (Å²) in [6.07, 6.45) is 6.66. The summed E-state index contributed by atoms with van der Waals surface area (Å²) in [5.74, 6) is -1.32. The van der Waals surface area contributed by atoms with Gasteiger partial charge >= 0.3 is 0 Å². The van der Waals surface area contributed by atoms with Crippen LogP contribution in [0.5, 0.6) is 0 Å². The van der Waals surface area contributed by atoms with E-state index in [1.165, 1.54) is 19.3 Å². The second-order valence-electron chi connectivity index (χ2n) is 3.87. The highest BCUT2D eigenvalue weighted by molar-refractivity contribution is 5.87. The van der Waals surface area contributed by atoms with Gasteiger partial charge in [0.25, 0.3) is 0 Å². The topological polar surface area (TPSA) is 69.2 Å². The maximum absolute atomic E-state index is 10.7. The van der Waals surface area contributed by atoms with Crippen LogP contribution in [0.25, 0.3) is 0 Å². The van der Waals surface area contributed by atoms with Crippen molar-refractivity contribution in [2.75, 3.05) is 0 Å². The minimum absolute atomic E-state index is 0.0921. The van der Waals surface area contributed by atoms with E-state index < -0.39 is 5.97 Å². The Morgan fingerprint density at radius 2 is 1.88 bits per heavy atom. The van der Waals surface area contributed by atoms with Crippen molar-refractivity contribution >= 4 is 12.4 Å². The lowest BCUT2D eigenvalue weighted by atomic mass is 10.1. The number of aliphatic carboxylic acids is 1. The van der Waals surface area contributed by atoms with E-state index in [2.05, 4.69) is 12.2 Å². The molecule has 0 aliphatic heterocycles. The molecule has 0 aliphatic carbocycles. The van der Waals surface area contributed by atoms with Crippen LogP contribution < -0.4 is 10.4 Å². The maximum atomic E-state index is 10.7. The number of nitrogens with one attached hydrogen (secondary N) is 1. The molecule has 0 aromatic rings. The number of unbranched alkanes of at least 4 members (excludes halogenated alkanes) is 4. The molecule has 0 aliphatic rings. The molecule has 4 nitrogen and oxygen atoms in total. The molecule has 0 heterocycles. The number of allylic oxidation sites excluding steroid dienone is 1. The summed E-state index contributed by atoms with van der Waals surface area (Å²) >= 11 is 0. The lowest BCUT2D eigenvalue weighted by Crippen LogP contribution is -2.32. The summed E-state index contributed by atoms with van der Waals surface area (Å²) in [7, 11) is 0. The molecular weight excluding hydrogens is 206 g/mol. The molecule has 0 bridgehead atoms. The molecule has 1 N–H and O–H groups in total. The van der Waals surface area contributed by atoms with Crippen LogP contribution >= 0.6 is 0 Å². The summed E-state index contributed by atoms with van der Waals surface area (Å²) in [4.78, 5) is 20.9. The molecule has 16 heavy (non-hydrogen) atoms. The average molecular weight is 226 g/mol. The standard InChI is InChI=1S/C12H21NO3/c1-3-4-5-6-7-8-10(2)11(12(15)16)13-9-14/h9H,3-8H2,1-2H3,(H,13,14)(H,15,16)/p-1/b11-10-. The Hall–Kier alpha value is -1.32. The molecule has 4 heteroatoms. The Balaban J connectivity index is 4.06. The number of hydrogen-bond donors (Lipinski definition) is 1. The first-order valence-corrected chi connectivity index (χ1v) is 5.74. The Morgan fingerprint density at radius 1 is 1.25 bits per heavy atom. The highest BCUT2D eigenvalue weighted by Crippen LogP contribution is 2.12. The number of amides is 1. The van der Waals surface area contributed by atoms with Crippen molar-refractivity contribution in [3.8, 4) is 0 Å². The van der Waals surface area contributed by atoms with E-state index in [1.807, 2.05) is 0 Å². The molecule has 1 amide bonds. The van der Waals surface area contributed by atoms with Gasteiger partial charge in [0, 0.05) is 0 Å². The van der Waals surface area contributed by atoms with Gasteiger partial charge in [0.2, 0.25) is 6.41 Å². The number of carboxylic acid groups (broad SMARTS) is 1. The zero-order chi connectivity index (χ0) is 12.4. The molecule has 0 aromatic heterocycles. The Morgan fingerprint density at radius 3 is 2.38 bits per heavy atom. The molecule has 0 radical (unpaired) electrons. The number of rotatable bonds is 9. The van der Waals surface area contributed by atoms with E-state index in [9.17, 15) is 14.7 Å². The fourth-order valence-electron chi connectivity index (χ4n) is 1.53. The van der Waals surface area contributed by atoms with Crippen molar-refractivity contribution in [1.29, 1.82) is 0 Å². The van der Waals surface area contributed by atoms with Crippen LogP contribution in [0.3, 0.4) is 0 Å². The molecule has 0 aromatic carbocycles. The van der Waals surface area contributed by atoms with Gasteiger partial charge in [-0.05, 0) is 25.3 Å². The summed E-state index contributed by atoms with van der Waals surface area (Å²) in [5.41, 5.74) is 0.578. The van der Waals surface area contributed by atoms with E-state index in [1.54, 1.807) is 6.92 Å². The lowest BCUT2D eigenvalue weighted by Gasteiger charge is -2.11. The van der Waals surface area contributed by atoms with E-state index in [-0.39, 0.29) is 5.70 Å². The number of carboxylic acids is 1. The predicted molar refractivity (Wildman–Crippen MR) is 60.3 cm³/mol. The van der Waals surface area contributed by atoms with Gasteiger partial charge in [0.15, 0.2) is 0 Å². The summed E-state index contributed by atoms with van der Waals surface area (Å²) in [6, 6.07) is 0. The third kappa shape index (κ3) is 6.22. The molecule has 0 saturated carbocycles. The first kappa shape index (κ1) is 14.7. The smallest absolute Gasteiger partial charge is 0.211 e. The fraction of sp³-hybridized carbons (Fsp3) is 0.667. The molecule has 0 fully saturated rings. The van der Waals surface area contributed by atoms with Gasteiger partial charge < -0.3 is 15.2 Å². The Bertz CT molecular complexity index is 259. The van der Waals surface area contributed by atoms with Crippen molar-refractivity contribution in [2.24, 2.45) is 0 Å². The molecule has 92 valence electrons. The second-order valence-corrected chi connectivity index (χ2v) is 3.87. The van der Waals surface area contributed by atoms with Gasteiger partial charge in [-0.1, -0.05) is 32.6 Å². The highest BCUT2D eigenvalue weighted by atomic mass is 16.4. The minimum atomic E-state index is -1.32. The SMILES string of the molecule is CCCCCCC/C(C)=C(\NC=O)C(=O)[O-]. The molecular formula is C12H20NO3-.